The molecule has 0 amide bonds. The average molecular weight is 417 g/mol. The van der Waals surface area contributed by atoms with Crippen LogP contribution in [0.5, 0.6) is 0 Å². The molecule has 29 heavy (non-hydrogen) atoms. The molecule has 1 heterocycles. The van der Waals surface area contributed by atoms with Gasteiger partial charge in [0.05, 0.1) is 18.4 Å². The molecule has 0 unspecified atom stereocenters. The van der Waals surface area contributed by atoms with Gasteiger partial charge < -0.3 is 4.74 Å². The molecule has 156 valence electrons. The fourth-order valence-corrected chi connectivity index (χ4v) is 4.58. The summed E-state index contributed by atoms with van der Waals surface area (Å²) in [6.45, 7) is 3.52. The molecular formula is C22H28N2O4S. The van der Waals surface area contributed by atoms with E-state index in [4.69, 9.17) is 0 Å². The van der Waals surface area contributed by atoms with E-state index in [9.17, 15) is 13.2 Å². The zero-order chi connectivity index (χ0) is 20.7. The SMILES string of the molecule is COC(=O)c1ccc(CS(=O)(=O)NCc2ccc(CN3CCCCC3)cc2)cc1. The van der Waals surface area contributed by atoms with Gasteiger partial charge in [-0.3, -0.25) is 4.90 Å². The third-order valence-electron chi connectivity index (χ3n) is 5.11. The Morgan fingerprint density at radius 1 is 0.931 bits per heavy atom. The minimum Gasteiger partial charge on any atom is -0.465 e. The Morgan fingerprint density at radius 3 is 2.14 bits per heavy atom. The Kier molecular flexibility index (Phi) is 7.41. The maximum absolute atomic E-state index is 12.4. The standard InChI is InChI=1S/C22H28N2O4S/c1-28-22(25)21-11-9-20(10-12-21)17-29(26,27)23-15-18-5-7-19(8-6-18)16-24-13-3-2-4-14-24/h5-12,23H,2-4,13-17H2,1H3. The van der Waals surface area contributed by atoms with Gasteiger partial charge >= 0.3 is 5.97 Å². The Balaban J connectivity index is 1.51. The monoisotopic (exact) mass is 416 g/mol. The molecule has 1 saturated heterocycles. The van der Waals surface area contributed by atoms with Crippen LogP contribution in [0.3, 0.4) is 0 Å². The number of esters is 1. The van der Waals surface area contributed by atoms with Crippen molar-refractivity contribution in [2.45, 2.75) is 38.1 Å². The van der Waals surface area contributed by atoms with Crippen LogP contribution in [0.25, 0.3) is 0 Å². The first-order valence-electron chi connectivity index (χ1n) is 9.90. The van der Waals surface area contributed by atoms with E-state index in [0.29, 0.717) is 11.1 Å². The minimum absolute atomic E-state index is 0.137. The number of methoxy groups -OCH3 is 1. The van der Waals surface area contributed by atoms with Gasteiger partial charge in [-0.2, -0.15) is 0 Å². The number of rotatable bonds is 8. The highest BCUT2D eigenvalue weighted by Crippen LogP contribution is 2.14. The van der Waals surface area contributed by atoms with Crippen molar-refractivity contribution in [3.63, 3.8) is 0 Å². The zero-order valence-electron chi connectivity index (χ0n) is 16.8. The number of hydrogen-bond acceptors (Lipinski definition) is 5. The van der Waals surface area contributed by atoms with E-state index in [0.717, 1.165) is 25.2 Å². The minimum atomic E-state index is -3.48. The number of carbonyl (C=O) groups excluding carboxylic acids is 1. The van der Waals surface area contributed by atoms with Gasteiger partial charge in [0.1, 0.15) is 0 Å². The third-order valence-corrected chi connectivity index (χ3v) is 6.40. The van der Waals surface area contributed by atoms with Crippen LogP contribution >= 0.6 is 0 Å². The molecule has 0 saturated carbocycles. The molecule has 0 aliphatic carbocycles. The van der Waals surface area contributed by atoms with E-state index in [1.165, 1.54) is 31.9 Å². The van der Waals surface area contributed by atoms with Crippen molar-refractivity contribution < 1.29 is 17.9 Å². The fourth-order valence-electron chi connectivity index (χ4n) is 3.46. The maximum atomic E-state index is 12.4. The van der Waals surface area contributed by atoms with Crippen molar-refractivity contribution in [3.05, 3.63) is 70.8 Å². The van der Waals surface area contributed by atoms with Gasteiger partial charge in [-0.15, -0.1) is 0 Å². The van der Waals surface area contributed by atoms with Crippen molar-refractivity contribution in [1.29, 1.82) is 0 Å². The summed E-state index contributed by atoms with van der Waals surface area (Å²) < 4.78 is 32.0. The Morgan fingerprint density at radius 2 is 1.52 bits per heavy atom. The van der Waals surface area contributed by atoms with Crippen LogP contribution < -0.4 is 4.72 Å². The van der Waals surface area contributed by atoms with Crippen LogP contribution in [-0.2, 0) is 33.6 Å². The number of piperidine rings is 1. The van der Waals surface area contributed by atoms with E-state index in [2.05, 4.69) is 26.5 Å². The summed E-state index contributed by atoms with van der Waals surface area (Å²) in [5, 5.41) is 0. The predicted octanol–water partition coefficient (Wildman–Crippen LogP) is 3.08. The molecule has 1 aliphatic rings. The number of carbonyl (C=O) groups is 1. The number of likely N-dealkylation sites (tertiary alicyclic amines) is 1. The Labute approximate surface area is 172 Å². The molecule has 3 rings (SSSR count). The number of hydrogen-bond donors (Lipinski definition) is 1. The van der Waals surface area contributed by atoms with Crippen LogP contribution in [0.4, 0.5) is 0 Å². The van der Waals surface area contributed by atoms with Gasteiger partial charge in [-0.05, 0) is 54.8 Å². The van der Waals surface area contributed by atoms with Crippen molar-refractivity contribution in [3.8, 4) is 0 Å². The molecule has 1 fully saturated rings. The first-order valence-corrected chi connectivity index (χ1v) is 11.6. The Hall–Kier alpha value is -2.22. The van der Waals surface area contributed by atoms with E-state index in [1.807, 2.05) is 12.1 Å². The summed E-state index contributed by atoms with van der Waals surface area (Å²) in [6.07, 6.45) is 3.86. The lowest BCUT2D eigenvalue weighted by Gasteiger charge is -2.26. The lowest BCUT2D eigenvalue weighted by molar-refractivity contribution is 0.0600. The van der Waals surface area contributed by atoms with Crippen molar-refractivity contribution in [2.75, 3.05) is 20.2 Å². The van der Waals surface area contributed by atoms with Crippen LogP contribution in [-0.4, -0.2) is 39.5 Å². The first-order chi connectivity index (χ1) is 13.9. The molecule has 0 aromatic heterocycles. The van der Waals surface area contributed by atoms with Crippen molar-refractivity contribution in [1.82, 2.24) is 9.62 Å². The van der Waals surface area contributed by atoms with Crippen molar-refractivity contribution >= 4 is 16.0 Å². The smallest absolute Gasteiger partial charge is 0.337 e. The number of nitrogens with one attached hydrogen (secondary N) is 1. The van der Waals surface area contributed by atoms with E-state index in [1.54, 1.807) is 24.3 Å². The molecule has 1 aliphatic heterocycles. The lowest BCUT2D eigenvalue weighted by Crippen LogP contribution is -2.29. The molecule has 6 nitrogen and oxygen atoms in total. The molecular weight excluding hydrogens is 388 g/mol. The van der Waals surface area contributed by atoms with Crippen LogP contribution in [0.2, 0.25) is 0 Å². The molecule has 0 radical (unpaired) electrons. The van der Waals surface area contributed by atoms with Crippen molar-refractivity contribution in [2.24, 2.45) is 0 Å². The largest absolute Gasteiger partial charge is 0.465 e. The second-order valence-corrected chi connectivity index (χ2v) is 9.23. The maximum Gasteiger partial charge on any atom is 0.337 e. The highest BCUT2D eigenvalue weighted by molar-refractivity contribution is 7.88. The molecule has 7 heteroatoms. The summed E-state index contributed by atoms with van der Waals surface area (Å²) in [6, 6.07) is 14.5. The summed E-state index contributed by atoms with van der Waals surface area (Å²) >= 11 is 0. The molecule has 2 aromatic carbocycles. The molecule has 0 bridgehead atoms. The van der Waals surface area contributed by atoms with Crippen LogP contribution in [0.15, 0.2) is 48.5 Å². The third kappa shape index (κ3) is 6.66. The summed E-state index contributed by atoms with van der Waals surface area (Å²) in [5.41, 5.74) is 3.19. The van der Waals surface area contributed by atoms with Gasteiger partial charge in [0, 0.05) is 13.1 Å². The first kappa shape index (κ1) is 21.5. The highest BCUT2D eigenvalue weighted by atomic mass is 32.2. The van der Waals surface area contributed by atoms with Gasteiger partial charge in [0.25, 0.3) is 0 Å². The number of nitrogens with zero attached hydrogens (tertiary/aromatic N) is 1. The number of ether oxygens (including phenoxy) is 1. The van der Waals surface area contributed by atoms with Crippen LogP contribution in [0, 0.1) is 0 Å². The molecule has 0 atom stereocenters. The fraction of sp³-hybridized carbons (Fsp3) is 0.409. The topological polar surface area (TPSA) is 75.7 Å². The Bertz CT molecular complexity index is 903. The summed E-state index contributed by atoms with van der Waals surface area (Å²) in [5.74, 6) is -0.581. The summed E-state index contributed by atoms with van der Waals surface area (Å²) in [4.78, 5) is 13.9. The van der Waals surface area contributed by atoms with E-state index in [-0.39, 0.29) is 12.3 Å². The van der Waals surface area contributed by atoms with Gasteiger partial charge in [0.2, 0.25) is 10.0 Å². The van der Waals surface area contributed by atoms with Gasteiger partial charge in [0.15, 0.2) is 0 Å². The second-order valence-electron chi connectivity index (χ2n) is 7.42. The van der Waals surface area contributed by atoms with Gasteiger partial charge in [-0.1, -0.05) is 42.8 Å². The van der Waals surface area contributed by atoms with E-state index < -0.39 is 16.0 Å². The van der Waals surface area contributed by atoms with Crippen LogP contribution in [0.1, 0.15) is 46.3 Å². The van der Waals surface area contributed by atoms with Gasteiger partial charge in [-0.25, -0.2) is 17.9 Å². The molecule has 0 spiro atoms. The number of benzene rings is 2. The molecule has 1 N–H and O–H groups in total. The molecule has 2 aromatic rings. The zero-order valence-corrected chi connectivity index (χ0v) is 17.6. The number of sulfonamides is 1. The highest BCUT2D eigenvalue weighted by Gasteiger charge is 2.13. The second kappa shape index (κ2) is 10.0. The summed E-state index contributed by atoms with van der Waals surface area (Å²) in [7, 11) is -2.17. The lowest BCUT2D eigenvalue weighted by atomic mass is 10.1. The predicted molar refractivity (Wildman–Crippen MR) is 113 cm³/mol. The normalized spacial score (nSPS) is 15.2. The quantitative estimate of drug-likeness (QED) is 0.670. The average Bonchev–Trinajstić information content (AvgIpc) is 2.74. The van der Waals surface area contributed by atoms with E-state index >= 15 is 0 Å².